The van der Waals surface area contributed by atoms with Crippen LogP contribution < -0.4 is 5.73 Å². The summed E-state index contributed by atoms with van der Waals surface area (Å²) in [6.45, 7) is 5.41. The van der Waals surface area contributed by atoms with E-state index in [1.165, 1.54) is 5.56 Å². The minimum absolute atomic E-state index is 0.592. The molecular formula is C13H16ClN3. The van der Waals surface area contributed by atoms with Gasteiger partial charge in [-0.25, -0.2) is 0 Å². The summed E-state index contributed by atoms with van der Waals surface area (Å²) < 4.78 is 1.88. The van der Waals surface area contributed by atoms with E-state index in [-0.39, 0.29) is 0 Å². The minimum atomic E-state index is 0.592. The van der Waals surface area contributed by atoms with Gasteiger partial charge in [0.2, 0.25) is 0 Å². The Labute approximate surface area is 106 Å². The molecule has 1 aromatic carbocycles. The van der Waals surface area contributed by atoms with Crippen molar-refractivity contribution in [2.75, 3.05) is 6.54 Å². The lowest BCUT2D eigenvalue weighted by atomic mass is 10.0. The van der Waals surface area contributed by atoms with E-state index in [4.69, 9.17) is 17.3 Å². The standard InChI is InChI=1S/C13H16ClN3/c1-9-3-4-11(14)7-12(9)13-8-17(6-5-15)16-10(13)2/h3-4,7-8H,5-6,15H2,1-2H3. The molecule has 0 bridgehead atoms. The van der Waals surface area contributed by atoms with E-state index in [9.17, 15) is 0 Å². The zero-order valence-electron chi connectivity index (χ0n) is 10.1. The molecule has 0 fully saturated rings. The molecule has 2 aromatic rings. The summed E-state index contributed by atoms with van der Waals surface area (Å²) in [5, 5.41) is 5.19. The normalized spacial score (nSPS) is 10.8. The van der Waals surface area contributed by atoms with Crippen LogP contribution in [0.1, 0.15) is 11.3 Å². The number of nitrogens with zero attached hydrogens (tertiary/aromatic N) is 2. The van der Waals surface area contributed by atoms with Gasteiger partial charge in [0.1, 0.15) is 0 Å². The predicted octanol–water partition coefficient (Wildman–Crippen LogP) is 2.78. The fourth-order valence-corrected chi connectivity index (χ4v) is 2.09. The van der Waals surface area contributed by atoms with Gasteiger partial charge in [-0.15, -0.1) is 0 Å². The van der Waals surface area contributed by atoms with E-state index < -0.39 is 0 Å². The highest BCUT2D eigenvalue weighted by atomic mass is 35.5. The first-order chi connectivity index (χ1) is 8.11. The molecule has 2 N–H and O–H groups in total. The van der Waals surface area contributed by atoms with E-state index in [0.29, 0.717) is 6.54 Å². The van der Waals surface area contributed by atoms with Gasteiger partial charge < -0.3 is 5.73 Å². The quantitative estimate of drug-likeness (QED) is 0.909. The van der Waals surface area contributed by atoms with Crippen LogP contribution in [-0.2, 0) is 6.54 Å². The topological polar surface area (TPSA) is 43.8 Å². The summed E-state index contributed by atoms with van der Waals surface area (Å²) in [6, 6.07) is 5.91. The lowest BCUT2D eigenvalue weighted by Gasteiger charge is -2.04. The van der Waals surface area contributed by atoms with E-state index in [2.05, 4.69) is 12.0 Å². The van der Waals surface area contributed by atoms with Crippen LogP contribution in [0.5, 0.6) is 0 Å². The fourth-order valence-electron chi connectivity index (χ4n) is 1.91. The highest BCUT2D eigenvalue weighted by molar-refractivity contribution is 6.30. The Morgan fingerprint density at radius 1 is 1.29 bits per heavy atom. The molecule has 0 radical (unpaired) electrons. The number of rotatable bonds is 3. The maximum Gasteiger partial charge on any atom is 0.0672 e. The van der Waals surface area contributed by atoms with Crippen LogP contribution in [0.25, 0.3) is 11.1 Å². The molecule has 4 heteroatoms. The third-order valence-electron chi connectivity index (χ3n) is 2.79. The van der Waals surface area contributed by atoms with Crippen LogP contribution in [0, 0.1) is 13.8 Å². The highest BCUT2D eigenvalue weighted by Crippen LogP contribution is 2.28. The molecule has 90 valence electrons. The smallest absolute Gasteiger partial charge is 0.0672 e. The Balaban J connectivity index is 2.48. The Morgan fingerprint density at radius 3 is 2.76 bits per heavy atom. The molecule has 17 heavy (non-hydrogen) atoms. The largest absolute Gasteiger partial charge is 0.329 e. The van der Waals surface area contributed by atoms with Gasteiger partial charge >= 0.3 is 0 Å². The van der Waals surface area contributed by atoms with E-state index in [1.807, 2.05) is 36.0 Å². The molecule has 0 amide bonds. The third kappa shape index (κ3) is 2.51. The summed E-state index contributed by atoms with van der Waals surface area (Å²) in [7, 11) is 0. The second-order valence-electron chi connectivity index (χ2n) is 4.14. The van der Waals surface area contributed by atoms with Crippen molar-refractivity contribution in [3.05, 3.63) is 40.7 Å². The molecule has 0 aliphatic carbocycles. The molecule has 0 saturated heterocycles. The fraction of sp³-hybridized carbons (Fsp3) is 0.308. The van der Waals surface area contributed by atoms with Crippen LogP contribution in [0.3, 0.4) is 0 Å². The van der Waals surface area contributed by atoms with Gasteiger partial charge in [0.05, 0.1) is 12.2 Å². The number of nitrogens with two attached hydrogens (primary N) is 1. The van der Waals surface area contributed by atoms with Crippen molar-refractivity contribution in [3.63, 3.8) is 0 Å². The number of hydrogen-bond donors (Lipinski definition) is 1. The third-order valence-corrected chi connectivity index (χ3v) is 3.03. The lowest BCUT2D eigenvalue weighted by molar-refractivity contribution is 0.620. The Bertz CT molecular complexity index is 531. The first-order valence-corrected chi connectivity index (χ1v) is 6.00. The van der Waals surface area contributed by atoms with Crippen molar-refractivity contribution in [2.24, 2.45) is 5.73 Å². The Morgan fingerprint density at radius 2 is 2.06 bits per heavy atom. The molecule has 1 heterocycles. The Hall–Kier alpha value is -1.32. The van der Waals surface area contributed by atoms with Crippen LogP contribution >= 0.6 is 11.6 Å². The maximum atomic E-state index is 6.04. The summed E-state index contributed by atoms with van der Waals surface area (Å²) in [5.74, 6) is 0. The summed E-state index contributed by atoms with van der Waals surface area (Å²) in [4.78, 5) is 0. The number of benzene rings is 1. The minimum Gasteiger partial charge on any atom is -0.329 e. The van der Waals surface area contributed by atoms with Gasteiger partial charge in [0, 0.05) is 23.3 Å². The molecule has 0 aliphatic rings. The molecule has 2 rings (SSSR count). The summed E-state index contributed by atoms with van der Waals surface area (Å²) >= 11 is 6.04. The van der Waals surface area contributed by atoms with Gasteiger partial charge in [-0.3, -0.25) is 4.68 Å². The predicted molar refractivity (Wildman–Crippen MR) is 71.2 cm³/mol. The number of aromatic nitrogens is 2. The van der Waals surface area contributed by atoms with Crippen molar-refractivity contribution in [1.82, 2.24) is 9.78 Å². The SMILES string of the molecule is Cc1ccc(Cl)cc1-c1cn(CCN)nc1C. The molecule has 0 aliphatic heterocycles. The number of hydrogen-bond acceptors (Lipinski definition) is 2. The maximum absolute atomic E-state index is 6.04. The van der Waals surface area contributed by atoms with Gasteiger partial charge in [-0.1, -0.05) is 17.7 Å². The molecular weight excluding hydrogens is 234 g/mol. The van der Waals surface area contributed by atoms with Crippen LogP contribution in [0.2, 0.25) is 5.02 Å². The van der Waals surface area contributed by atoms with Gasteiger partial charge in [0.15, 0.2) is 0 Å². The van der Waals surface area contributed by atoms with Crippen molar-refractivity contribution >= 4 is 11.6 Å². The van der Waals surface area contributed by atoms with Crippen LogP contribution in [-0.4, -0.2) is 16.3 Å². The zero-order valence-corrected chi connectivity index (χ0v) is 10.8. The molecule has 1 aromatic heterocycles. The average molecular weight is 250 g/mol. The second-order valence-corrected chi connectivity index (χ2v) is 4.58. The van der Waals surface area contributed by atoms with Crippen molar-refractivity contribution in [3.8, 4) is 11.1 Å². The van der Waals surface area contributed by atoms with Crippen molar-refractivity contribution < 1.29 is 0 Å². The molecule has 0 atom stereocenters. The molecule has 0 spiro atoms. The average Bonchev–Trinajstić information content (AvgIpc) is 2.64. The van der Waals surface area contributed by atoms with Gasteiger partial charge in [-0.2, -0.15) is 5.10 Å². The molecule has 0 unspecified atom stereocenters. The van der Waals surface area contributed by atoms with E-state index in [0.717, 1.165) is 28.4 Å². The second kappa shape index (κ2) is 4.90. The number of halogens is 1. The zero-order chi connectivity index (χ0) is 12.4. The van der Waals surface area contributed by atoms with Crippen molar-refractivity contribution in [2.45, 2.75) is 20.4 Å². The van der Waals surface area contributed by atoms with E-state index in [1.54, 1.807) is 0 Å². The van der Waals surface area contributed by atoms with E-state index >= 15 is 0 Å². The number of aryl methyl sites for hydroxylation is 2. The monoisotopic (exact) mass is 249 g/mol. The van der Waals surface area contributed by atoms with Gasteiger partial charge in [0.25, 0.3) is 0 Å². The summed E-state index contributed by atoms with van der Waals surface area (Å²) in [6.07, 6.45) is 2.03. The van der Waals surface area contributed by atoms with Crippen molar-refractivity contribution in [1.29, 1.82) is 0 Å². The van der Waals surface area contributed by atoms with Crippen LogP contribution in [0.15, 0.2) is 24.4 Å². The lowest BCUT2D eigenvalue weighted by Crippen LogP contribution is -2.10. The van der Waals surface area contributed by atoms with Crippen LogP contribution in [0.4, 0.5) is 0 Å². The van der Waals surface area contributed by atoms with Gasteiger partial charge in [-0.05, 0) is 37.1 Å². The molecule has 3 nitrogen and oxygen atoms in total. The first-order valence-electron chi connectivity index (χ1n) is 5.62. The molecule has 0 saturated carbocycles. The first kappa shape index (κ1) is 12.1. The Kier molecular flexibility index (Phi) is 3.50. The highest BCUT2D eigenvalue weighted by Gasteiger charge is 2.09. The summed E-state index contributed by atoms with van der Waals surface area (Å²) in [5.41, 5.74) is 9.99.